The maximum atomic E-state index is 11.3. The summed E-state index contributed by atoms with van der Waals surface area (Å²) in [7, 11) is 0. The van der Waals surface area contributed by atoms with Gasteiger partial charge in [-0.1, -0.05) is 12.1 Å². The van der Waals surface area contributed by atoms with Gasteiger partial charge in [-0.25, -0.2) is 0 Å². The maximum Gasteiger partial charge on any atom is 0.310 e. The molecule has 0 bridgehead atoms. The second-order valence-corrected chi connectivity index (χ2v) is 3.96. The zero-order valence-corrected chi connectivity index (χ0v) is 10.5. The van der Waals surface area contributed by atoms with Gasteiger partial charge in [0.2, 0.25) is 0 Å². The lowest BCUT2D eigenvalue weighted by atomic mass is 9.99. The molecule has 1 aromatic carbocycles. The molecule has 0 fully saturated rings. The molecule has 0 heterocycles. The van der Waals surface area contributed by atoms with Gasteiger partial charge in [0.25, 0.3) is 0 Å². The van der Waals surface area contributed by atoms with Crippen LogP contribution in [0, 0.1) is 11.3 Å². The Kier molecular flexibility index (Phi) is 5.06. The topological polar surface area (TPSA) is 67.2 Å². The van der Waals surface area contributed by atoms with Crippen LogP contribution in [-0.4, -0.2) is 18.4 Å². The molecule has 0 unspecified atom stereocenters. The fraction of sp³-hybridized carbons (Fsp3) is 0.357. The van der Waals surface area contributed by atoms with Crippen LogP contribution in [-0.2, 0) is 27.2 Å². The summed E-state index contributed by atoms with van der Waals surface area (Å²) in [5, 5.41) is 8.94. The normalized spacial score (nSPS) is 9.61. The van der Waals surface area contributed by atoms with Crippen molar-refractivity contribution in [2.45, 2.75) is 26.7 Å². The van der Waals surface area contributed by atoms with E-state index in [2.05, 4.69) is 0 Å². The summed E-state index contributed by atoms with van der Waals surface area (Å²) < 4.78 is 4.85. The fourth-order valence-electron chi connectivity index (χ4n) is 1.66. The van der Waals surface area contributed by atoms with Crippen LogP contribution in [0.5, 0.6) is 0 Å². The minimum Gasteiger partial charge on any atom is -0.466 e. The molecule has 1 aromatic rings. The van der Waals surface area contributed by atoms with E-state index in [1.165, 1.54) is 6.92 Å². The summed E-state index contributed by atoms with van der Waals surface area (Å²) in [6.45, 7) is 3.56. The highest BCUT2D eigenvalue weighted by molar-refractivity contribution is 5.79. The quantitative estimate of drug-likeness (QED) is 0.742. The SMILES string of the molecule is CCOC(=O)Cc1ccc(C#N)c(CC(C)=O)c1. The van der Waals surface area contributed by atoms with Gasteiger partial charge in [-0.2, -0.15) is 5.26 Å². The van der Waals surface area contributed by atoms with Crippen molar-refractivity contribution in [3.63, 3.8) is 0 Å². The summed E-state index contributed by atoms with van der Waals surface area (Å²) in [6, 6.07) is 7.10. The Labute approximate surface area is 106 Å². The van der Waals surface area contributed by atoms with Gasteiger partial charge in [0.1, 0.15) is 5.78 Å². The van der Waals surface area contributed by atoms with E-state index in [9.17, 15) is 9.59 Å². The molecule has 94 valence electrons. The molecule has 0 radical (unpaired) electrons. The Morgan fingerprint density at radius 2 is 2.06 bits per heavy atom. The lowest BCUT2D eigenvalue weighted by Gasteiger charge is -2.06. The van der Waals surface area contributed by atoms with Crippen LogP contribution < -0.4 is 0 Å². The molecule has 0 atom stereocenters. The minimum atomic E-state index is -0.309. The first-order valence-electron chi connectivity index (χ1n) is 5.73. The molecule has 0 amide bonds. The number of ketones is 1. The summed E-state index contributed by atoms with van der Waals surface area (Å²) in [6.07, 6.45) is 0.365. The van der Waals surface area contributed by atoms with Crippen LogP contribution in [0.4, 0.5) is 0 Å². The second kappa shape index (κ2) is 6.55. The van der Waals surface area contributed by atoms with Crippen molar-refractivity contribution < 1.29 is 14.3 Å². The highest BCUT2D eigenvalue weighted by Crippen LogP contribution is 2.13. The molecule has 0 aliphatic rings. The monoisotopic (exact) mass is 245 g/mol. The van der Waals surface area contributed by atoms with E-state index in [1.807, 2.05) is 6.07 Å². The van der Waals surface area contributed by atoms with Gasteiger partial charge >= 0.3 is 5.97 Å². The standard InChI is InChI=1S/C14H15NO3/c1-3-18-14(17)8-11-4-5-12(9-15)13(7-11)6-10(2)16/h4-5,7H,3,6,8H2,1-2H3. The number of ether oxygens (including phenoxy) is 1. The van der Waals surface area contributed by atoms with Crippen LogP contribution in [0.2, 0.25) is 0 Å². The van der Waals surface area contributed by atoms with E-state index in [0.717, 1.165) is 5.56 Å². The molecule has 18 heavy (non-hydrogen) atoms. The van der Waals surface area contributed by atoms with Crippen molar-refractivity contribution in [3.8, 4) is 6.07 Å². The number of rotatable bonds is 5. The Balaban J connectivity index is 2.92. The van der Waals surface area contributed by atoms with Crippen molar-refractivity contribution in [1.29, 1.82) is 5.26 Å². The van der Waals surface area contributed by atoms with E-state index in [1.54, 1.807) is 25.1 Å². The first-order valence-corrected chi connectivity index (χ1v) is 5.73. The van der Waals surface area contributed by atoms with E-state index in [0.29, 0.717) is 17.7 Å². The van der Waals surface area contributed by atoms with Gasteiger partial charge in [-0.15, -0.1) is 0 Å². The number of esters is 1. The number of carbonyl (C=O) groups excluding carboxylic acids is 2. The van der Waals surface area contributed by atoms with E-state index >= 15 is 0 Å². The molecule has 0 N–H and O–H groups in total. The molecule has 4 nitrogen and oxygen atoms in total. The highest BCUT2D eigenvalue weighted by Gasteiger charge is 2.09. The number of nitriles is 1. The Morgan fingerprint density at radius 3 is 2.61 bits per heavy atom. The molecular weight excluding hydrogens is 230 g/mol. The molecule has 4 heteroatoms. The number of hydrogen-bond acceptors (Lipinski definition) is 4. The number of benzene rings is 1. The lowest BCUT2D eigenvalue weighted by Crippen LogP contribution is -2.08. The van der Waals surface area contributed by atoms with E-state index in [-0.39, 0.29) is 24.6 Å². The smallest absolute Gasteiger partial charge is 0.310 e. The first kappa shape index (κ1) is 13.9. The Morgan fingerprint density at radius 1 is 1.33 bits per heavy atom. The van der Waals surface area contributed by atoms with Crippen LogP contribution in [0.3, 0.4) is 0 Å². The van der Waals surface area contributed by atoms with Crippen molar-refractivity contribution in [2.24, 2.45) is 0 Å². The van der Waals surface area contributed by atoms with Gasteiger partial charge in [0.15, 0.2) is 0 Å². The average Bonchev–Trinajstić information content (AvgIpc) is 2.28. The third kappa shape index (κ3) is 4.02. The van der Waals surface area contributed by atoms with Gasteiger partial charge in [-0.05, 0) is 31.0 Å². The third-order valence-electron chi connectivity index (χ3n) is 2.38. The van der Waals surface area contributed by atoms with Crippen LogP contribution in [0.25, 0.3) is 0 Å². The third-order valence-corrected chi connectivity index (χ3v) is 2.38. The predicted molar refractivity (Wildman–Crippen MR) is 65.9 cm³/mol. The second-order valence-electron chi connectivity index (χ2n) is 3.96. The average molecular weight is 245 g/mol. The van der Waals surface area contributed by atoms with E-state index in [4.69, 9.17) is 10.00 Å². The zero-order chi connectivity index (χ0) is 13.5. The lowest BCUT2D eigenvalue weighted by molar-refractivity contribution is -0.142. The molecule has 0 spiro atoms. The molecular formula is C14H15NO3. The van der Waals surface area contributed by atoms with Crippen molar-refractivity contribution >= 4 is 11.8 Å². The van der Waals surface area contributed by atoms with Crippen molar-refractivity contribution in [3.05, 3.63) is 34.9 Å². The molecule has 1 rings (SSSR count). The number of hydrogen-bond donors (Lipinski definition) is 0. The molecule has 0 aliphatic carbocycles. The van der Waals surface area contributed by atoms with E-state index < -0.39 is 0 Å². The Bertz CT molecular complexity index is 500. The predicted octanol–water partition coefficient (Wildman–Crippen LogP) is 1.80. The highest BCUT2D eigenvalue weighted by atomic mass is 16.5. The van der Waals surface area contributed by atoms with Gasteiger partial charge in [-0.3, -0.25) is 9.59 Å². The number of nitrogens with zero attached hydrogens (tertiary/aromatic N) is 1. The number of carbonyl (C=O) groups is 2. The molecule has 0 aliphatic heterocycles. The molecule has 0 saturated carbocycles. The summed E-state index contributed by atoms with van der Waals surface area (Å²) >= 11 is 0. The van der Waals surface area contributed by atoms with Crippen LogP contribution >= 0.6 is 0 Å². The summed E-state index contributed by atoms with van der Waals surface area (Å²) in [5.74, 6) is -0.323. The van der Waals surface area contributed by atoms with Gasteiger partial charge in [0, 0.05) is 6.42 Å². The van der Waals surface area contributed by atoms with Crippen LogP contribution in [0.15, 0.2) is 18.2 Å². The Hall–Kier alpha value is -2.15. The maximum absolute atomic E-state index is 11.3. The first-order chi connectivity index (χ1) is 8.56. The van der Waals surface area contributed by atoms with Crippen molar-refractivity contribution in [2.75, 3.05) is 6.61 Å². The van der Waals surface area contributed by atoms with Gasteiger partial charge in [0.05, 0.1) is 24.7 Å². The number of Topliss-reactive ketones (excluding diaryl/α,β-unsaturated/α-hetero) is 1. The zero-order valence-electron chi connectivity index (χ0n) is 10.5. The fourth-order valence-corrected chi connectivity index (χ4v) is 1.66. The van der Waals surface area contributed by atoms with Crippen molar-refractivity contribution in [1.82, 2.24) is 0 Å². The van der Waals surface area contributed by atoms with Gasteiger partial charge < -0.3 is 4.74 Å². The largest absolute Gasteiger partial charge is 0.466 e. The molecule has 0 aromatic heterocycles. The molecule has 0 saturated heterocycles. The summed E-state index contributed by atoms with van der Waals surface area (Å²) in [5.41, 5.74) is 1.88. The minimum absolute atomic E-state index is 0.0141. The summed E-state index contributed by atoms with van der Waals surface area (Å²) in [4.78, 5) is 22.5. The van der Waals surface area contributed by atoms with Crippen LogP contribution in [0.1, 0.15) is 30.5 Å².